The van der Waals surface area contributed by atoms with Gasteiger partial charge in [0.05, 0.1) is 10.5 Å². The van der Waals surface area contributed by atoms with Gasteiger partial charge in [-0.3, -0.25) is 0 Å². The number of hydrogen-bond acceptors (Lipinski definition) is 2. The Morgan fingerprint density at radius 3 is 2.89 bits per heavy atom. The summed E-state index contributed by atoms with van der Waals surface area (Å²) in [4.78, 5) is 11.5. The highest BCUT2D eigenvalue weighted by Gasteiger charge is 2.08. The van der Waals surface area contributed by atoms with Gasteiger partial charge in [0, 0.05) is 16.2 Å². The zero-order chi connectivity index (χ0) is 12.7. The minimum Gasteiger partial charge on any atom is -0.337 e. The molecule has 18 heavy (non-hydrogen) atoms. The maximum Gasteiger partial charge on any atom is 0.178 e. The van der Waals surface area contributed by atoms with Gasteiger partial charge in [-0.1, -0.05) is 11.6 Å². The first-order chi connectivity index (χ1) is 8.63. The molecule has 90 valence electrons. The van der Waals surface area contributed by atoms with E-state index in [1.807, 2.05) is 6.07 Å². The number of halogens is 3. The van der Waals surface area contributed by atoms with Gasteiger partial charge in [0.1, 0.15) is 11.6 Å². The number of aromatic nitrogens is 3. The van der Waals surface area contributed by atoms with Crippen LogP contribution < -0.4 is 0 Å². The van der Waals surface area contributed by atoms with Crippen molar-refractivity contribution in [1.82, 2.24) is 15.0 Å². The normalized spacial score (nSPS) is 11.1. The van der Waals surface area contributed by atoms with E-state index in [0.29, 0.717) is 17.0 Å². The molecule has 0 aliphatic carbocycles. The van der Waals surface area contributed by atoms with E-state index in [1.54, 1.807) is 12.3 Å². The average Bonchev–Trinajstić information content (AvgIpc) is 2.75. The molecule has 0 saturated heterocycles. The number of benzene rings is 1. The Morgan fingerprint density at radius 1 is 1.28 bits per heavy atom. The van der Waals surface area contributed by atoms with Gasteiger partial charge in [-0.15, -0.1) is 0 Å². The molecule has 0 unspecified atom stereocenters. The highest BCUT2D eigenvalue weighted by Crippen LogP contribution is 2.24. The van der Waals surface area contributed by atoms with Crippen LogP contribution in [0.4, 0.5) is 4.39 Å². The number of fused-ring (bicyclic) bond motifs is 1. The third-order valence-electron chi connectivity index (χ3n) is 2.50. The van der Waals surface area contributed by atoms with Crippen LogP contribution in [0.1, 0.15) is 0 Å². The molecule has 1 aromatic carbocycles. The quantitative estimate of drug-likeness (QED) is 0.729. The molecule has 0 aliphatic heterocycles. The molecule has 3 aromatic rings. The van der Waals surface area contributed by atoms with Crippen molar-refractivity contribution < 1.29 is 4.39 Å². The van der Waals surface area contributed by atoms with E-state index in [0.717, 1.165) is 9.99 Å². The predicted octanol–water partition coefficient (Wildman–Crippen LogP) is 4.18. The molecule has 2 aromatic heterocycles. The Morgan fingerprint density at radius 2 is 2.11 bits per heavy atom. The molecule has 0 amide bonds. The van der Waals surface area contributed by atoms with Crippen LogP contribution in [-0.4, -0.2) is 15.0 Å². The Labute approximate surface area is 115 Å². The zero-order valence-corrected chi connectivity index (χ0v) is 11.3. The van der Waals surface area contributed by atoms with Crippen LogP contribution in [0.2, 0.25) is 5.02 Å². The summed E-state index contributed by atoms with van der Waals surface area (Å²) in [5, 5.41) is 0.0933. The summed E-state index contributed by atoms with van der Waals surface area (Å²) < 4.78 is 14.2. The van der Waals surface area contributed by atoms with Gasteiger partial charge in [0.25, 0.3) is 0 Å². The molecule has 2 heterocycles. The minimum atomic E-state index is -0.469. The van der Waals surface area contributed by atoms with E-state index < -0.39 is 5.82 Å². The lowest BCUT2D eigenvalue weighted by molar-refractivity contribution is 0.628. The molecule has 1 N–H and O–H groups in total. The van der Waals surface area contributed by atoms with Gasteiger partial charge >= 0.3 is 0 Å². The second-order valence-electron chi connectivity index (χ2n) is 3.74. The van der Waals surface area contributed by atoms with E-state index in [4.69, 9.17) is 11.6 Å². The fraction of sp³-hybridized carbons (Fsp3) is 0. The average molecular weight is 327 g/mol. The van der Waals surface area contributed by atoms with E-state index in [9.17, 15) is 4.39 Å². The van der Waals surface area contributed by atoms with Gasteiger partial charge in [-0.05, 0) is 40.2 Å². The van der Waals surface area contributed by atoms with E-state index in [-0.39, 0.29) is 5.02 Å². The number of imidazole rings is 1. The van der Waals surface area contributed by atoms with Crippen molar-refractivity contribution in [3.63, 3.8) is 0 Å². The molecule has 0 saturated carbocycles. The smallest absolute Gasteiger partial charge is 0.178 e. The molecule has 6 heteroatoms. The van der Waals surface area contributed by atoms with Crippen LogP contribution in [0.3, 0.4) is 0 Å². The molecular formula is C12H6BrClFN3. The lowest BCUT2D eigenvalue weighted by Crippen LogP contribution is -1.83. The van der Waals surface area contributed by atoms with Crippen molar-refractivity contribution >= 4 is 38.7 Å². The number of aromatic amines is 1. The second-order valence-corrected chi connectivity index (χ2v) is 5.06. The van der Waals surface area contributed by atoms with Crippen molar-refractivity contribution in [2.24, 2.45) is 0 Å². The second kappa shape index (κ2) is 4.33. The number of pyridine rings is 1. The third-order valence-corrected chi connectivity index (χ3v) is 3.24. The monoisotopic (exact) mass is 325 g/mol. The number of H-pyrrole nitrogens is 1. The summed E-state index contributed by atoms with van der Waals surface area (Å²) in [5.74, 6) is 0.0925. The Bertz CT molecular complexity index is 741. The van der Waals surface area contributed by atoms with Crippen LogP contribution in [0, 0.1) is 5.82 Å². The van der Waals surface area contributed by atoms with Crippen LogP contribution >= 0.6 is 27.5 Å². The topological polar surface area (TPSA) is 41.6 Å². The molecule has 3 rings (SSSR count). The number of nitrogens with zero attached hydrogens (tertiary/aromatic N) is 2. The molecule has 0 fully saturated rings. The van der Waals surface area contributed by atoms with Gasteiger partial charge in [-0.25, -0.2) is 14.4 Å². The first-order valence-corrected chi connectivity index (χ1v) is 6.27. The third kappa shape index (κ3) is 2.00. The SMILES string of the molecule is Fc1cc(-c2nc3ncc(Br)cc3[nH]2)ccc1Cl. The first kappa shape index (κ1) is 11.6. The molecular weight excluding hydrogens is 321 g/mol. The van der Waals surface area contributed by atoms with Gasteiger partial charge in [0.2, 0.25) is 0 Å². The minimum absolute atomic E-state index is 0.0933. The molecule has 0 radical (unpaired) electrons. The van der Waals surface area contributed by atoms with Gasteiger partial charge in [0.15, 0.2) is 5.65 Å². The van der Waals surface area contributed by atoms with Crippen molar-refractivity contribution in [3.05, 3.63) is 45.8 Å². The molecule has 0 bridgehead atoms. The highest BCUT2D eigenvalue weighted by molar-refractivity contribution is 9.10. The lowest BCUT2D eigenvalue weighted by atomic mass is 10.2. The Hall–Kier alpha value is -1.46. The number of hydrogen-bond donors (Lipinski definition) is 1. The fourth-order valence-corrected chi connectivity index (χ4v) is 2.10. The summed E-state index contributed by atoms with van der Waals surface area (Å²) in [6.45, 7) is 0. The maximum atomic E-state index is 13.4. The predicted molar refractivity (Wildman–Crippen MR) is 72.0 cm³/mol. The fourth-order valence-electron chi connectivity index (χ4n) is 1.65. The van der Waals surface area contributed by atoms with Gasteiger partial charge in [-0.2, -0.15) is 0 Å². The summed E-state index contributed by atoms with van der Waals surface area (Å²) in [7, 11) is 0. The van der Waals surface area contributed by atoms with E-state index >= 15 is 0 Å². The standard InChI is InChI=1S/C12H6BrClFN3/c13-7-4-10-12(16-5-7)18-11(17-10)6-1-2-8(14)9(15)3-6/h1-5H,(H,16,17,18). The van der Waals surface area contributed by atoms with Crippen LogP contribution in [-0.2, 0) is 0 Å². The van der Waals surface area contributed by atoms with Crippen molar-refractivity contribution in [1.29, 1.82) is 0 Å². The highest BCUT2D eigenvalue weighted by atomic mass is 79.9. The maximum absolute atomic E-state index is 13.4. The summed E-state index contributed by atoms with van der Waals surface area (Å²) in [5.41, 5.74) is 2.00. The largest absolute Gasteiger partial charge is 0.337 e. The number of rotatable bonds is 1. The van der Waals surface area contributed by atoms with Crippen molar-refractivity contribution in [3.8, 4) is 11.4 Å². The van der Waals surface area contributed by atoms with Crippen LogP contribution in [0.15, 0.2) is 34.9 Å². The van der Waals surface area contributed by atoms with Crippen molar-refractivity contribution in [2.45, 2.75) is 0 Å². The Kier molecular flexibility index (Phi) is 2.80. The summed E-state index contributed by atoms with van der Waals surface area (Å²) in [6, 6.07) is 6.42. The lowest BCUT2D eigenvalue weighted by Gasteiger charge is -1.98. The molecule has 0 atom stereocenters. The summed E-state index contributed by atoms with van der Waals surface area (Å²) in [6.07, 6.45) is 1.66. The van der Waals surface area contributed by atoms with Crippen LogP contribution in [0.5, 0.6) is 0 Å². The Balaban J connectivity index is 2.16. The molecule has 0 aliphatic rings. The van der Waals surface area contributed by atoms with Crippen molar-refractivity contribution in [2.75, 3.05) is 0 Å². The number of nitrogens with one attached hydrogen (secondary N) is 1. The summed E-state index contributed by atoms with van der Waals surface area (Å²) >= 11 is 8.97. The molecule has 3 nitrogen and oxygen atoms in total. The first-order valence-electron chi connectivity index (χ1n) is 5.10. The van der Waals surface area contributed by atoms with Gasteiger partial charge < -0.3 is 4.98 Å². The zero-order valence-electron chi connectivity index (χ0n) is 8.92. The molecule has 0 spiro atoms. The van der Waals surface area contributed by atoms with E-state index in [1.165, 1.54) is 12.1 Å². The van der Waals surface area contributed by atoms with E-state index in [2.05, 4.69) is 30.9 Å². The van der Waals surface area contributed by atoms with Crippen LogP contribution in [0.25, 0.3) is 22.6 Å².